The Balaban J connectivity index is 0. The molecule has 6 N–H and O–H groups in total. The van der Waals surface area contributed by atoms with Crippen LogP contribution in [0.5, 0.6) is 5.75 Å². The molecule has 1 aromatic rings. The third-order valence-electron chi connectivity index (χ3n) is 2.03. The standard InChI is InChI=1S/C11H16O.CH2O3.H3N/c1-3-4-5-10-8-9(2)6-7-11(10)12;2-1(3)4;/h6-8,12H,3-5H2,1-2H3;(H2,2,3,4);1H3. The minimum Gasteiger partial charge on any atom is -0.508 e. The maximum Gasteiger partial charge on any atom is 0.503 e. The lowest BCUT2D eigenvalue weighted by Crippen LogP contribution is -1.86. The Morgan fingerprint density at radius 2 is 1.82 bits per heavy atom. The normalized spacial score (nSPS) is 8.59. The Bertz CT molecular complexity index is 335. The molecule has 0 saturated carbocycles. The molecule has 0 aliphatic heterocycles. The second-order valence-corrected chi connectivity index (χ2v) is 3.52. The van der Waals surface area contributed by atoms with Gasteiger partial charge in [-0.15, -0.1) is 0 Å². The Hall–Kier alpha value is -1.75. The van der Waals surface area contributed by atoms with Crippen LogP contribution in [0, 0.1) is 6.92 Å². The van der Waals surface area contributed by atoms with Crippen LogP contribution < -0.4 is 6.15 Å². The van der Waals surface area contributed by atoms with Crippen LogP contribution in [-0.4, -0.2) is 21.5 Å². The number of phenolic OH excluding ortho intramolecular Hbond substituents is 1. The summed E-state index contributed by atoms with van der Waals surface area (Å²) in [6.07, 6.45) is 1.48. The smallest absolute Gasteiger partial charge is 0.503 e. The summed E-state index contributed by atoms with van der Waals surface area (Å²) in [6, 6.07) is 5.77. The highest BCUT2D eigenvalue weighted by atomic mass is 16.6. The molecular formula is C12H21NO4. The predicted molar refractivity (Wildman–Crippen MR) is 67.1 cm³/mol. The summed E-state index contributed by atoms with van der Waals surface area (Å²) in [6.45, 7) is 4.21. The van der Waals surface area contributed by atoms with Gasteiger partial charge in [0.1, 0.15) is 5.75 Å². The molecule has 0 saturated heterocycles. The molecule has 0 atom stereocenters. The van der Waals surface area contributed by atoms with Gasteiger partial charge in [0, 0.05) is 0 Å². The first-order valence-electron chi connectivity index (χ1n) is 5.17. The number of benzene rings is 1. The SMILES string of the molecule is CCCCc1cc(C)ccc1O.N.O=C(O)O. The summed E-state index contributed by atoms with van der Waals surface area (Å²) in [7, 11) is 0. The molecule has 5 heteroatoms. The Kier molecular flexibility index (Phi) is 9.83. The average Bonchev–Trinajstić information content (AvgIpc) is 2.19. The van der Waals surface area contributed by atoms with Crippen molar-refractivity contribution in [1.82, 2.24) is 6.15 Å². The van der Waals surface area contributed by atoms with Crippen LogP contribution in [0.4, 0.5) is 4.79 Å². The van der Waals surface area contributed by atoms with E-state index in [-0.39, 0.29) is 6.15 Å². The van der Waals surface area contributed by atoms with Gasteiger partial charge in [-0.3, -0.25) is 0 Å². The molecule has 0 fully saturated rings. The molecule has 1 aromatic carbocycles. The average molecular weight is 243 g/mol. The third-order valence-corrected chi connectivity index (χ3v) is 2.03. The fraction of sp³-hybridized carbons (Fsp3) is 0.417. The highest BCUT2D eigenvalue weighted by Gasteiger charge is 1.99. The summed E-state index contributed by atoms with van der Waals surface area (Å²) in [5.41, 5.74) is 2.30. The van der Waals surface area contributed by atoms with Gasteiger partial charge in [0.15, 0.2) is 0 Å². The maximum atomic E-state index is 9.46. The van der Waals surface area contributed by atoms with Crippen molar-refractivity contribution in [2.45, 2.75) is 33.1 Å². The van der Waals surface area contributed by atoms with Crippen molar-refractivity contribution in [3.63, 3.8) is 0 Å². The van der Waals surface area contributed by atoms with E-state index >= 15 is 0 Å². The van der Waals surface area contributed by atoms with Crippen molar-refractivity contribution in [1.29, 1.82) is 0 Å². The molecule has 0 heterocycles. The first-order valence-corrected chi connectivity index (χ1v) is 5.17. The van der Waals surface area contributed by atoms with Gasteiger partial charge in [-0.1, -0.05) is 31.0 Å². The number of rotatable bonds is 3. The van der Waals surface area contributed by atoms with E-state index in [1.807, 2.05) is 6.07 Å². The topological polar surface area (TPSA) is 113 Å². The molecule has 0 radical (unpaired) electrons. The van der Waals surface area contributed by atoms with Crippen LogP contribution in [0.15, 0.2) is 18.2 Å². The summed E-state index contributed by atoms with van der Waals surface area (Å²) < 4.78 is 0. The van der Waals surface area contributed by atoms with Crippen molar-refractivity contribution in [2.24, 2.45) is 0 Å². The molecule has 5 nitrogen and oxygen atoms in total. The summed E-state index contributed by atoms with van der Waals surface area (Å²) in [4.78, 5) is 8.56. The summed E-state index contributed by atoms with van der Waals surface area (Å²) in [5.74, 6) is 0.439. The molecule has 0 unspecified atom stereocenters. The van der Waals surface area contributed by atoms with Gasteiger partial charge >= 0.3 is 6.16 Å². The minimum atomic E-state index is -1.83. The van der Waals surface area contributed by atoms with Crippen LogP contribution in [0.25, 0.3) is 0 Å². The zero-order chi connectivity index (χ0) is 12.6. The van der Waals surface area contributed by atoms with Gasteiger partial charge in [-0.25, -0.2) is 4.79 Å². The van der Waals surface area contributed by atoms with Crippen LogP contribution in [-0.2, 0) is 6.42 Å². The number of phenols is 1. The highest BCUT2D eigenvalue weighted by molar-refractivity contribution is 5.53. The van der Waals surface area contributed by atoms with Crippen LogP contribution >= 0.6 is 0 Å². The quantitative estimate of drug-likeness (QED) is 0.649. The molecular weight excluding hydrogens is 222 g/mol. The van der Waals surface area contributed by atoms with E-state index in [2.05, 4.69) is 19.9 Å². The molecule has 0 amide bonds. The third kappa shape index (κ3) is 9.19. The number of hydrogen-bond donors (Lipinski definition) is 4. The van der Waals surface area contributed by atoms with E-state index in [1.54, 1.807) is 6.07 Å². The van der Waals surface area contributed by atoms with E-state index in [0.29, 0.717) is 5.75 Å². The number of hydrogen-bond acceptors (Lipinski definition) is 3. The highest BCUT2D eigenvalue weighted by Crippen LogP contribution is 2.19. The zero-order valence-corrected chi connectivity index (χ0v) is 10.3. The van der Waals surface area contributed by atoms with E-state index in [1.165, 1.54) is 12.0 Å². The van der Waals surface area contributed by atoms with Crippen molar-refractivity contribution in [3.05, 3.63) is 29.3 Å². The molecule has 0 aliphatic carbocycles. The van der Waals surface area contributed by atoms with E-state index in [0.717, 1.165) is 18.4 Å². The van der Waals surface area contributed by atoms with Gasteiger partial charge in [0.05, 0.1) is 0 Å². The monoisotopic (exact) mass is 243 g/mol. The number of aromatic hydroxyl groups is 1. The van der Waals surface area contributed by atoms with Gasteiger partial charge in [0.25, 0.3) is 0 Å². The molecule has 1 rings (SSSR count). The molecule has 0 bridgehead atoms. The number of carbonyl (C=O) groups is 1. The molecule has 0 aromatic heterocycles. The van der Waals surface area contributed by atoms with Crippen LogP contribution in [0.2, 0.25) is 0 Å². The fourth-order valence-corrected chi connectivity index (χ4v) is 1.28. The van der Waals surface area contributed by atoms with Gasteiger partial charge in [-0.05, 0) is 31.4 Å². The second kappa shape index (κ2) is 9.47. The number of unbranched alkanes of at least 4 members (excludes halogenated alkanes) is 1. The molecule has 98 valence electrons. The largest absolute Gasteiger partial charge is 0.508 e. The van der Waals surface area contributed by atoms with Gasteiger partial charge < -0.3 is 21.5 Å². The van der Waals surface area contributed by atoms with Crippen molar-refractivity contribution < 1.29 is 20.1 Å². The summed E-state index contributed by atoms with van der Waals surface area (Å²) >= 11 is 0. The Morgan fingerprint density at radius 1 is 1.29 bits per heavy atom. The van der Waals surface area contributed by atoms with Crippen LogP contribution in [0.1, 0.15) is 30.9 Å². The van der Waals surface area contributed by atoms with E-state index in [9.17, 15) is 5.11 Å². The van der Waals surface area contributed by atoms with Crippen LogP contribution in [0.3, 0.4) is 0 Å². The zero-order valence-electron chi connectivity index (χ0n) is 10.3. The molecule has 0 spiro atoms. The van der Waals surface area contributed by atoms with Gasteiger partial charge in [0.2, 0.25) is 0 Å². The maximum absolute atomic E-state index is 9.46. The molecule has 17 heavy (non-hydrogen) atoms. The number of aryl methyl sites for hydroxylation is 2. The second-order valence-electron chi connectivity index (χ2n) is 3.52. The lowest BCUT2D eigenvalue weighted by atomic mass is 10.1. The van der Waals surface area contributed by atoms with Crippen molar-refractivity contribution >= 4 is 6.16 Å². The Morgan fingerprint density at radius 3 is 2.29 bits per heavy atom. The van der Waals surface area contributed by atoms with Crippen molar-refractivity contribution in [3.8, 4) is 5.75 Å². The number of carboxylic acid groups (broad SMARTS) is 2. The first-order chi connectivity index (χ1) is 7.47. The Labute approximate surface area is 101 Å². The molecule has 0 aliphatic rings. The lowest BCUT2D eigenvalue weighted by Gasteiger charge is -2.04. The lowest BCUT2D eigenvalue weighted by molar-refractivity contribution is 0.137. The fourth-order valence-electron chi connectivity index (χ4n) is 1.28. The van der Waals surface area contributed by atoms with E-state index in [4.69, 9.17) is 15.0 Å². The van der Waals surface area contributed by atoms with Gasteiger partial charge in [-0.2, -0.15) is 0 Å². The van der Waals surface area contributed by atoms with Crippen molar-refractivity contribution in [2.75, 3.05) is 0 Å². The summed E-state index contributed by atoms with van der Waals surface area (Å²) in [5, 5.41) is 23.4. The minimum absolute atomic E-state index is 0. The first kappa shape index (κ1) is 17.6. The predicted octanol–water partition coefficient (Wildman–Crippen LogP) is 3.43. The van der Waals surface area contributed by atoms with E-state index < -0.39 is 6.16 Å².